The van der Waals surface area contributed by atoms with Crippen molar-refractivity contribution in [1.29, 1.82) is 0 Å². The molecule has 1 aliphatic heterocycles. The third-order valence-electron chi connectivity index (χ3n) is 1.47. The second-order valence-electron chi connectivity index (χ2n) is 2.73. The van der Waals surface area contributed by atoms with Crippen LogP contribution in [0.4, 0.5) is 13.2 Å². The summed E-state index contributed by atoms with van der Waals surface area (Å²) in [5.41, 5.74) is 0. The van der Waals surface area contributed by atoms with Gasteiger partial charge in [-0.3, -0.25) is 4.90 Å². The molecule has 0 fully saturated rings. The van der Waals surface area contributed by atoms with Crippen molar-refractivity contribution in [3.63, 3.8) is 0 Å². The lowest BCUT2D eigenvalue weighted by molar-refractivity contribution is -0.228. The molecular formula is C7H9F3NS. The fraction of sp³-hybridized carbons (Fsp3) is 0.571. The molecule has 12 heavy (non-hydrogen) atoms. The Kier molecular flexibility index (Phi) is 2.61. The maximum Gasteiger partial charge on any atom is 0.485 e. The largest absolute Gasteiger partial charge is 0.485 e. The first-order valence-electron chi connectivity index (χ1n) is 3.40. The Morgan fingerprint density at radius 1 is 1.42 bits per heavy atom. The van der Waals surface area contributed by atoms with Crippen molar-refractivity contribution in [2.45, 2.75) is 25.5 Å². The Morgan fingerprint density at radius 2 is 2.00 bits per heavy atom. The van der Waals surface area contributed by atoms with E-state index in [0.29, 0.717) is 4.90 Å². The summed E-state index contributed by atoms with van der Waals surface area (Å²) in [7, 11) is 0. The van der Waals surface area contributed by atoms with Crippen LogP contribution in [0.3, 0.4) is 0 Å². The van der Waals surface area contributed by atoms with Crippen LogP contribution in [0.25, 0.3) is 0 Å². The van der Waals surface area contributed by atoms with Gasteiger partial charge in [0.15, 0.2) is 0 Å². The summed E-state index contributed by atoms with van der Waals surface area (Å²) in [6.45, 7) is 3.40. The molecule has 1 atom stereocenters. The zero-order valence-corrected chi connectivity index (χ0v) is 7.54. The summed E-state index contributed by atoms with van der Waals surface area (Å²) in [5, 5.41) is 0.885. The zero-order valence-electron chi connectivity index (χ0n) is 6.72. The number of hydrogen-bond donors (Lipinski definition) is 0. The van der Waals surface area contributed by atoms with Gasteiger partial charge in [0.05, 0.1) is 5.37 Å². The van der Waals surface area contributed by atoms with Gasteiger partial charge in [0.2, 0.25) is 0 Å². The lowest BCUT2D eigenvalue weighted by atomic mass is 10.2. The smallest absolute Gasteiger partial charge is 0.277 e. The van der Waals surface area contributed by atoms with Crippen LogP contribution in [-0.2, 0) is 0 Å². The van der Waals surface area contributed by atoms with E-state index in [4.69, 9.17) is 0 Å². The highest BCUT2D eigenvalue weighted by Gasteiger charge is 2.42. The Morgan fingerprint density at radius 3 is 2.33 bits per heavy atom. The van der Waals surface area contributed by atoms with Gasteiger partial charge >= 0.3 is 6.30 Å². The Bertz CT molecular complexity index is 188. The van der Waals surface area contributed by atoms with Crippen molar-refractivity contribution in [1.82, 2.24) is 4.90 Å². The molecule has 1 unspecified atom stereocenters. The summed E-state index contributed by atoms with van der Waals surface area (Å²) < 4.78 is 36.7. The molecule has 1 radical (unpaired) electrons. The lowest BCUT2D eigenvalue weighted by Gasteiger charge is -2.28. The molecule has 1 nitrogen and oxygen atoms in total. The van der Waals surface area contributed by atoms with E-state index in [1.165, 1.54) is 17.2 Å². The average Bonchev–Trinajstić information content (AvgIpc) is 2.30. The molecule has 0 N–H and O–H groups in total. The molecule has 0 aromatic carbocycles. The van der Waals surface area contributed by atoms with Crippen LogP contribution in [0.15, 0.2) is 11.6 Å². The number of thioether (sulfide) groups is 1. The molecule has 0 aromatic rings. The lowest BCUT2D eigenvalue weighted by Crippen LogP contribution is -2.39. The van der Waals surface area contributed by atoms with E-state index in [2.05, 4.69) is 0 Å². The molecule has 1 rings (SSSR count). The van der Waals surface area contributed by atoms with Gasteiger partial charge in [0.25, 0.3) is 0 Å². The molecule has 0 saturated heterocycles. The SMILES string of the molecule is C[C](C)C1SC=CN1C(F)(F)F. The topological polar surface area (TPSA) is 3.24 Å². The zero-order chi connectivity index (χ0) is 9.35. The van der Waals surface area contributed by atoms with Crippen LogP contribution in [0.1, 0.15) is 13.8 Å². The number of rotatable bonds is 1. The minimum Gasteiger partial charge on any atom is -0.277 e. The molecule has 0 aliphatic carbocycles. The van der Waals surface area contributed by atoms with Gasteiger partial charge in [0.1, 0.15) is 0 Å². The van der Waals surface area contributed by atoms with Crippen molar-refractivity contribution in [2.75, 3.05) is 0 Å². The Hall–Kier alpha value is -0.320. The van der Waals surface area contributed by atoms with Crippen molar-refractivity contribution >= 4 is 11.8 Å². The molecule has 0 bridgehead atoms. The van der Waals surface area contributed by atoms with Crippen LogP contribution >= 0.6 is 11.8 Å². The van der Waals surface area contributed by atoms with Gasteiger partial charge in [-0.05, 0) is 5.41 Å². The molecule has 0 aromatic heterocycles. The Labute approximate surface area is 73.6 Å². The van der Waals surface area contributed by atoms with Gasteiger partial charge in [-0.25, -0.2) is 0 Å². The van der Waals surface area contributed by atoms with Crippen LogP contribution in [0.2, 0.25) is 0 Å². The summed E-state index contributed by atoms with van der Waals surface area (Å²) >= 11 is 1.17. The minimum atomic E-state index is -4.26. The monoisotopic (exact) mass is 196 g/mol. The number of hydrogen-bond acceptors (Lipinski definition) is 2. The Balaban J connectivity index is 2.70. The first-order chi connectivity index (χ1) is 5.43. The highest BCUT2D eigenvalue weighted by atomic mass is 32.2. The van der Waals surface area contributed by atoms with Crippen molar-refractivity contribution < 1.29 is 13.2 Å². The predicted molar refractivity (Wildman–Crippen MR) is 43.0 cm³/mol. The van der Waals surface area contributed by atoms with E-state index in [1.807, 2.05) is 0 Å². The summed E-state index contributed by atoms with van der Waals surface area (Å²) in [6, 6.07) is 0. The number of nitrogens with zero attached hydrogens (tertiary/aromatic N) is 1. The summed E-state index contributed by atoms with van der Waals surface area (Å²) in [6.07, 6.45) is -3.19. The van der Waals surface area contributed by atoms with Gasteiger partial charge in [-0.2, -0.15) is 13.2 Å². The number of alkyl halides is 3. The highest BCUT2D eigenvalue weighted by Crippen LogP contribution is 2.38. The van der Waals surface area contributed by atoms with Crippen LogP contribution in [0, 0.1) is 5.92 Å². The minimum absolute atomic E-state index is 0.410. The van der Waals surface area contributed by atoms with E-state index >= 15 is 0 Å². The second kappa shape index (κ2) is 3.20. The quantitative estimate of drug-likeness (QED) is 0.593. The van der Waals surface area contributed by atoms with E-state index in [1.54, 1.807) is 13.8 Å². The summed E-state index contributed by atoms with van der Waals surface area (Å²) in [4.78, 5) is 0.410. The second-order valence-corrected chi connectivity index (χ2v) is 3.72. The third kappa shape index (κ3) is 1.88. The molecule has 0 saturated carbocycles. The van der Waals surface area contributed by atoms with Crippen LogP contribution in [-0.4, -0.2) is 16.6 Å². The van der Waals surface area contributed by atoms with Crippen molar-refractivity contribution in [3.8, 4) is 0 Å². The highest BCUT2D eigenvalue weighted by molar-refractivity contribution is 8.03. The average molecular weight is 196 g/mol. The molecular weight excluding hydrogens is 187 g/mol. The standard InChI is InChI=1S/C7H9F3NS/c1-5(2)6-11(3-4-12-6)7(8,9)10/h3-4,6H,1-2H3. The van der Waals surface area contributed by atoms with Gasteiger partial charge < -0.3 is 0 Å². The maximum absolute atomic E-state index is 12.2. The van der Waals surface area contributed by atoms with E-state index in [0.717, 1.165) is 12.1 Å². The molecule has 0 amide bonds. The molecule has 69 valence electrons. The molecule has 1 heterocycles. The van der Waals surface area contributed by atoms with E-state index in [9.17, 15) is 13.2 Å². The van der Waals surface area contributed by atoms with Crippen molar-refractivity contribution in [3.05, 3.63) is 17.5 Å². The van der Waals surface area contributed by atoms with Crippen molar-refractivity contribution in [2.24, 2.45) is 0 Å². The molecule has 0 spiro atoms. The fourth-order valence-electron chi connectivity index (χ4n) is 0.951. The maximum atomic E-state index is 12.2. The van der Waals surface area contributed by atoms with Crippen LogP contribution < -0.4 is 0 Å². The normalized spacial score (nSPS) is 24.2. The van der Waals surface area contributed by atoms with Gasteiger partial charge in [-0.15, -0.1) is 11.8 Å². The van der Waals surface area contributed by atoms with Gasteiger partial charge in [-0.1, -0.05) is 13.8 Å². The first kappa shape index (κ1) is 9.77. The number of halogens is 3. The van der Waals surface area contributed by atoms with E-state index < -0.39 is 11.7 Å². The third-order valence-corrected chi connectivity index (χ3v) is 2.70. The van der Waals surface area contributed by atoms with Crippen LogP contribution in [0.5, 0.6) is 0 Å². The molecule has 1 aliphatic rings. The molecule has 5 heteroatoms. The van der Waals surface area contributed by atoms with E-state index in [-0.39, 0.29) is 0 Å². The predicted octanol–water partition coefficient (Wildman–Crippen LogP) is 2.97. The van der Waals surface area contributed by atoms with Gasteiger partial charge in [0, 0.05) is 12.1 Å². The fourth-order valence-corrected chi connectivity index (χ4v) is 1.89. The summed E-state index contributed by atoms with van der Waals surface area (Å²) in [5.74, 6) is 0.752. The first-order valence-corrected chi connectivity index (χ1v) is 4.34.